The molecule has 0 saturated heterocycles. The third-order valence-corrected chi connectivity index (χ3v) is 4.92. The molecule has 3 atom stereocenters. The van der Waals surface area contributed by atoms with Gasteiger partial charge in [-0.15, -0.1) is 0 Å². The zero-order valence-electron chi connectivity index (χ0n) is 13.2. The fourth-order valence-electron chi connectivity index (χ4n) is 3.88. The van der Waals surface area contributed by atoms with Gasteiger partial charge in [-0.05, 0) is 30.0 Å². The Kier molecular flexibility index (Phi) is 3.45. The van der Waals surface area contributed by atoms with Crippen LogP contribution < -0.4 is 10.1 Å². The number of methoxy groups -OCH3 is 1. The number of nitro benzene ring substituents is 1. The van der Waals surface area contributed by atoms with Gasteiger partial charge >= 0.3 is 0 Å². The van der Waals surface area contributed by atoms with E-state index in [1.54, 1.807) is 19.4 Å². The Morgan fingerprint density at radius 3 is 2.96 bits per heavy atom. The average molecular weight is 323 g/mol. The molecule has 1 aliphatic carbocycles. The Labute approximate surface area is 139 Å². The highest BCUT2D eigenvalue weighted by atomic mass is 16.6. The third kappa shape index (κ3) is 2.14. The van der Waals surface area contributed by atoms with Gasteiger partial charge in [0.25, 0.3) is 5.69 Å². The molecule has 4 rings (SSSR count). The molecule has 6 heteroatoms. The second-order valence-electron chi connectivity index (χ2n) is 6.09. The number of rotatable bonds is 3. The summed E-state index contributed by atoms with van der Waals surface area (Å²) >= 11 is 0. The van der Waals surface area contributed by atoms with Crippen LogP contribution in [-0.4, -0.2) is 17.0 Å². The molecule has 6 nitrogen and oxygen atoms in total. The number of aromatic nitrogens is 1. The van der Waals surface area contributed by atoms with Gasteiger partial charge in [-0.3, -0.25) is 15.1 Å². The largest absolute Gasteiger partial charge is 0.495 e. The summed E-state index contributed by atoms with van der Waals surface area (Å²) < 4.78 is 5.46. The van der Waals surface area contributed by atoms with E-state index in [0.717, 1.165) is 17.5 Å². The Morgan fingerprint density at radius 1 is 1.38 bits per heavy atom. The topological polar surface area (TPSA) is 77.3 Å². The van der Waals surface area contributed by atoms with Gasteiger partial charge in [-0.25, -0.2) is 0 Å². The Balaban J connectivity index is 1.90. The minimum Gasteiger partial charge on any atom is -0.495 e. The van der Waals surface area contributed by atoms with Crippen LogP contribution in [0.2, 0.25) is 0 Å². The Hall–Kier alpha value is -2.89. The number of hydrogen-bond donors (Lipinski definition) is 1. The summed E-state index contributed by atoms with van der Waals surface area (Å²) in [5.41, 5.74) is 2.66. The van der Waals surface area contributed by atoms with E-state index in [1.807, 2.05) is 18.3 Å². The van der Waals surface area contributed by atoms with E-state index in [2.05, 4.69) is 22.5 Å². The van der Waals surface area contributed by atoms with Crippen molar-refractivity contribution >= 4 is 11.4 Å². The first-order chi connectivity index (χ1) is 11.7. The molecule has 1 N–H and O–H groups in total. The fraction of sp³-hybridized carbons (Fsp3) is 0.278. The van der Waals surface area contributed by atoms with Crippen LogP contribution in [0.25, 0.3) is 0 Å². The van der Waals surface area contributed by atoms with Crippen LogP contribution >= 0.6 is 0 Å². The zero-order chi connectivity index (χ0) is 16.7. The smallest absolute Gasteiger partial charge is 0.275 e. The summed E-state index contributed by atoms with van der Waals surface area (Å²) in [5.74, 6) is 0.859. The van der Waals surface area contributed by atoms with Crippen LogP contribution in [0, 0.1) is 16.0 Å². The fourth-order valence-corrected chi connectivity index (χ4v) is 3.88. The molecule has 1 aromatic carbocycles. The van der Waals surface area contributed by atoms with E-state index in [1.165, 1.54) is 6.07 Å². The standard InChI is InChI=1S/C18H17N3O3/c1-24-15-8-7-14(21(22)23)16-12-5-2-6-13(12)17(20-18(15)16)11-4-3-9-19-10-11/h2-5,7-10,12-13,17,20H,6H2,1H3/t12-,13+,17-/m1/s1. The molecular weight excluding hydrogens is 306 g/mol. The van der Waals surface area contributed by atoms with Crippen molar-refractivity contribution in [3.05, 3.63) is 70.1 Å². The molecule has 1 aliphatic heterocycles. The number of ether oxygens (including phenoxy) is 1. The lowest BCUT2D eigenvalue weighted by Crippen LogP contribution is -2.30. The molecule has 0 saturated carbocycles. The van der Waals surface area contributed by atoms with Crippen molar-refractivity contribution in [2.75, 3.05) is 12.4 Å². The Bertz CT molecular complexity index is 820. The minimum atomic E-state index is -0.312. The lowest BCUT2D eigenvalue weighted by Gasteiger charge is -2.37. The van der Waals surface area contributed by atoms with Crippen molar-refractivity contribution in [1.29, 1.82) is 0 Å². The van der Waals surface area contributed by atoms with E-state index < -0.39 is 0 Å². The number of nitrogens with zero attached hydrogens (tertiary/aromatic N) is 2. The first-order valence-electron chi connectivity index (χ1n) is 7.89. The highest BCUT2D eigenvalue weighted by molar-refractivity contribution is 5.73. The van der Waals surface area contributed by atoms with Crippen molar-refractivity contribution in [3.8, 4) is 5.75 Å². The number of pyridine rings is 1. The molecule has 2 heterocycles. The summed E-state index contributed by atoms with van der Waals surface area (Å²) in [6, 6.07) is 7.18. The number of hydrogen-bond acceptors (Lipinski definition) is 5. The molecular formula is C18H17N3O3. The van der Waals surface area contributed by atoms with Crippen LogP contribution in [0.1, 0.15) is 29.5 Å². The lowest BCUT2D eigenvalue weighted by atomic mass is 9.76. The van der Waals surface area contributed by atoms with Gasteiger partial charge in [0.15, 0.2) is 0 Å². The van der Waals surface area contributed by atoms with Gasteiger partial charge < -0.3 is 10.1 Å². The normalized spacial score (nSPS) is 24.0. The third-order valence-electron chi connectivity index (χ3n) is 4.92. The summed E-state index contributed by atoms with van der Waals surface area (Å²) in [6.45, 7) is 0. The van der Waals surface area contributed by atoms with Crippen LogP contribution in [0.4, 0.5) is 11.4 Å². The molecule has 0 radical (unpaired) electrons. The second-order valence-corrected chi connectivity index (χ2v) is 6.09. The van der Waals surface area contributed by atoms with Crippen LogP contribution in [0.15, 0.2) is 48.8 Å². The molecule has 0 bridgehead atoms. The van der Waals surface area contributed by atoms with Crippen molar-refractivity contribution in [2.24, 2.45) is 5.92 Å². The van der Waals surface area contributed by atoms with Crippen LogP contribution in [-0.2, 0) is 0 Å². The number of benzene rings is 1. The summed E-state index contributed by atoms with van der Waals surface area (Å²) in [5, 5.41) is 15.0. The van der Waals surface area contributed by atoms with Gasteiger partial charge in [0.1, 0.15) is 5.75 Å². The van der Waals surface area contributed by atoms with Crippen LogP contribution in [0.5, 0.6) is 5.75 Å². The molecule has 24 heavy (non-hydrogen) atoms. The van der Waals surface area contributed by atoms with E-state index in [9.17, 15) is 10.1 Å². The zero-order valence-corrected chi connectivity index (χ0v) is 13.2. The molecule has 0 fully saturated rings. The number of nitrogens with one attached hydrogen (secondary N) is 1. The van der Waals surface area contributed by atoms with E-state index in [-0.39, 0.29) is 28.5 Å². The van der Waals surface area contributed by atoms with Gasteiger partial charge in [0.05, 0.1) is 29.3 Å². The number of fused-ring (bicyclic) bond motifs is 3. The molecule has 2 aliphatic rings. The van der Waals surface area contributed by atoms with Gasteiger partial charge in [0.2, 0.25) is 0 Å². The van der Waals surface area contributed by atoms with Crippen molar-refractivity contribution < 1.29 is 9.66 Å². The second kappa shape index (κ2) is 5.63. The molecule has 1 aromatic heterocycles. The SMILES string of the molecule is COc1ccc([N+](=O)[O-])c2c1N[C@H](c1cccnc1)[C@H]1CC=C[C@@H]21. The summed E-state index contributed by atoms with van der Waals surface area (Å²) in [7, 11) is 1.58. The molecule has 122 valence electrons. The quantitative estimate of drug-likeness (QED) is 0.528. The summed E-state index contributed by atoms with van der Waals surface area (Å²) in [6.07, 6.45) is 8.67. The lowest BCUT2D eigenvalue weighted by molar-refractivity contribution is -0.385. The van der Waals surface area contributed by atoms with Gasteiger partial charge in [-0.1, -0.05) is 18.2 Å². The first kappa shape index (κ1) is 14.7. The van der Waals surface area contributed by atoms with E-state index in [4.69, 9.17) is 4.74 Å². The molecule has 0 unspecified atom stereocenters. The van der Waals surface area contributed by atoms with Gasteiger partial charge in [-0.2, -0.15) is 0 Å². The maximum Gasteiger partial charge on any atom is 0.275 e. The first-order valence-corrected chi connectivity index (χ1v) is 7.89. The van der Waals surface area contributed by atoms with Gasteiger partial charge in [0, 0.05) is 24.4 Å². The highest BCUT2D eigenvalue weighted by Gasteiger charge is 2.42. The van der Waals surface area contributed by atoms with E-state index in [0.29, 0.717) is 11.4 Å². The van der Waals surface area contributed by atoms with Crippen molar-refractivity contribution in [3.63, 3.8) is 0 Å². The summed E-state index contributed by atoms with van der Waals surface area (Å²) in [4.78, 5) is 15.4. The predicted molar refractivity (Wildman–Crippen MR) is 90.2 cm³/mol. The number of allylic oxidation sites excluding steroid dienone is 2. The highest BCUT2D eigenvalue weighted by Crippen LogP contribution is 2.54. The average Bonchev–Trinajstić information content (AvgIpc) is 3.10. The minimum absolute atomic E-state index is 0.00181. The molecule has 2 aromatic rings. The van der Waals surface area contributed by atoms with Crippen molar-refractivity contribution in [2.45, 2.75) is 18.4 Å². The maximum atomic E-state index is 11.5. The predicted octanol–water partition coefficient (Wildman–Crippen LogP) is 3.82. The maximum absolute atomic E-state index is 11.5. The van der Waals surface area contributed by atoms with Crippen LogP contribution in [0.3, 0.4) is 0 Å². The molecule has 0 spiro atoms. The number of nitro groups is 1. The van der Waals surface area contributed by atoms with Crippen molar-refractivity contribution in [1.82, 2.24) is 4.98 Å². The molecule has 0 amide bonds. The number of anilines is 1. The Morgan fingerprint density at radius 2 is 2.25 bits per heavy atom. The van der Waals surface area contributed by atoms with E-state index >= 15 is 0 Å². The monoisotopic (exact) mass is 323 g/mol.